The van der Waals surface area contributed by atoms with Crippen LogP contribution >= 0.6 is 0 Å². The van der Waals surface area contributed by atoms with Crippen molar-refractivity contribution in [2.75, 3.05) is 10.4 Å². The zero-order valence-corrected chi connectivity index (χ0v) is 17.9. The molecule has 0 aliphatic heterocycles. The number of aromatic nitrogens is 5. The summed E-state index contributed by atoms with van der Waals surface area (Å²) in [6.45, 7) is 0. The van der Waals surface area contributed by atoms with Crippen LogP contribution in [0, 0.1) is 0 Å². The van der Waals surface area contributed by atoms with Gasteiger partial charge in [-0.2, -0.15) is 10.4 Å². The lowest BCUT2D eigenvalue weighted by molar-refractivity contribution is 0.0982. The van der Waals surface area contributed by atoms with Crippen LogP contribution in [0.3, 0.4) is 0 Å². The van der Waals surface area contributed by atoms with E-state index < -0.39 is 12.0 Å². The summed E-state index contributed by atoms with van der Waals surface area (Å²) in [7, 11) is 1.63. The minimum absolute atomic E-state index is 0.0817. The third kappa shape index (κ3) is 5.05. The Morgan fingerprint density at radius 3 is 2.35 bits per heavy atom. The molecule has 2 aromatic carbocycles. The van der Waals surface area contributed by atoms with E-state index in [1.807, 2.05) is 30.3 Å². The Balaban J connectivity index is 1.70. The van der Waals surface area contributed by atoms with E-state index in [2.05, 4.69) is 26.0 Å². The first-order valence-electron chi connectivity index (χ1n) is 10.0. The summed E-state index contributed by atoms with van der Waals surface area (Å²) in [6, 6.07) is 22.1. The molecule has 170 valence electrons. The van der Waals surface area contributed by atoms with Crippen molar-refractivity contribution in [3.63, 3.8) is 0 Å². The number of tetrazole rings is 1. The Morgan fingerprint density at radius 1 is 1.00 bits per heavy atom. The highest BCUT2D eigenvalue weighted by Gasteiger charge is 2.26. The molecule has 0 aliphatic rings. The van der Waals surface area contributed by atoms with Crippen LogP contribution < -0.4 is 10.4 Å². The van der Waals surface area contributed by atoms with E-state index in [0.29, 0.717) is 4.90 Å². The molecule has 0 spiro atoms. The molecule has 4 rings (SSSR count). The summed E-state index contributed by atoms with van der Waals surface area (Å²) in [5.74, 6) is -0.327. The van der Waals surface area contributed by atoms with Crippen molar-refractivity contribution in [2.24, 2.45) is 7.05 Å². The van der Waals surface area contributed by atoms with Gasteiger partial charge in [-0.3, -0.25) is 4.79 Å². The predicted molar refractivity (Wildman–Crippen MR) is 123 cm³/mol. The molecule has 0 fully saturated rings. The number of nitrogens with one attached hydrogen (secondary N) is 1. The smallest absolute Gasteiger partial charge is 0.420 e. The Hall–Kier alpha value is -5.06. The maximum absolute atomic E-state index is 12.9. The van der Waals surface area contributed by atoms with Crippen LogP contribution in [0.25, 0.3) is 11.8 Å². The molecule has 4 aromatic rings. The number of hydrogen-bond acceptors (Lipinski definition) is 8. The molecular weight excluding hydrogens is 438 g/mol. The summed E-state index contributed by atoms with van der Waals surface area (Å²) >= 11 is 0. The number of hydrogen-bond donors (Lipinski definition) is 2. The highest BCUT2D eigenvalue weighted by atomic mass is 16.7. The highest BCUT2D eigenvalue weighted by molar-refractivity contribution is 6.18. The van der Waals surface area contributed by atoms with Crippen LogP contribution in [0.5, 0.6) is 0 Å². The zero-order chi connectivity index (χ0) is 23.9. The first-order valence-corrected chi connectivity index (χ1v) is 10.0. The van der Waals surface area contributed by atoms with Gasteiger partial charge in [0.25, 0.3) is 11.9 Å². The van der Waals surface area contributed by atoms with E-state index in [9.17, 15) is 14.7 Å². The van der Waals surface area contributed by atoms with E-state index in [-0.39, 0.29) is 28.8 Å². The predicted octanol–water partition coefficient (Wildman–Crippen LogP) is 3.47. The van der Waals surface area contributed by atoms with Crippen LogP contribution in [0.2, 0.25) is 0 Å². The fourth-order valence-electron chi connectivity index (χ4n) is 2.96. The summed E-state index contributed by atoms with van der Waals surface area (Å²) < 4.78 is 1.37. The number of carbonyl (C=O) groups excluding carboxylic acids is 1. The molecule has 34 heavy (non-hydrogen) atoms. The van der Waals surface area contributed by atoms with Crippen LogP contribution in [0.15, 0.2) is 78.9 Å². The normalized spacial score (nSPS) is 11.0. The summed E-state index contributed by atoms with van der Waals surface area (Å²) in [4.78, 5) is 35.6. The summed E-state index contributed by atoms with van der Waals surface area (Å²) in [6.07, 6.45) is 0.240. The number of amides is 2. The van der Waals surface area contributed by atoms with Gasteiger partial charge in [-0.15, -0.1) is 0 Å². The van der Waals surface area contributed by atoms with Gasteiger partial charge in [-0.25, -0.2) is 14.5 Å². The lowest BCUT2D eigenvalue weighted by atomic mass is 10.1. The fraction of sp³-hybridized carbons (Fsp3) is 0.0435. The molecule has 0 radical (unpaired) electrons. The molecule has 0 saturated heterocycles. The number of carbonyl (C=O) groups is 2. The van der Waals surface area contributed by atoms with Gasteiger partial charge < -0.3 is 9.94 Å². The second-order valence-electron chi connectivity index (χ2n) is 6.92. The lowest BCUT2D eigenvalue weighted by Gasteiger charge is -2.18. The first-order chi connectivity index (χ1) is 16.5. The molecule has 0 saturated carbocycles. The Morgan fingerprint density at radius 2 is 1.71 bits per heavy atom. The maximum atomic E-state index is 12.9. The molecule has 2 aromatic heterocycles. The van der Waals surface area contributed by atoms with Gasteiger partial charge in [0.05, 0.1) is 0 Å². The third-order valence-corrected chi connectivity index (χ3v) is 4.60. The van der Waals surface area contributed by atoms with Crippen molar-refractivity contribution < 1.29 is 19.5 Å². The molecule has 0 atom stereocenters. The average molecular weight is 457 g/mol. The van der Waals surface area contributed by atoms with Gasteiger partial charge >= 0.3 is 6.09 Å². The monoisotopic (exact) mass is 457 g/mol. The van der Waals surface area contributed by atoms with Crippen molar-refractivity contribution in [1.82, 2.24) is 25.2 Å². The van der Waals surface area contributed by atoms with Crippen LogP contribution in [-0.4, -0.2) is 42.3 Å². The van der Waals surface area contributed by atoms with Gasteiger partial charge in [-0.05, 0) is 46.3 Å². The van der Waals surface area contributed by atoms with E-state index in [4.69, 9.17) is 4.84 Å². The van der Waals surface area contributed by atoms with E-state index in [0.717, 1.165) is 5.56 Å². The van der Waals surface area contributed by atoms with Crippen molar-refractivity contribution in [2.45, 2.75) is 0 Å². The van der Waals surface area contributed by atoms with Crippen LogP contribution in [0.4, 0.5) is 16.6 Å². The standard InChI is InChI=1S/C23H19N7O4/c1-29-22(25-27-28-29)26-34-19(15-16-9-4-2-5-10-16)18-13-8-14-20(24-18)30(23(32)33)21(31)17-11-6-3-7-12-17/h2-15H,1H3,(H,32,33)(H,25,26,28). The van der Waals surface area contributed by atoms with Gasteiger partial charge in [0.1, 0.15) is 11.5 Å². The second-order valence-corrected chi connectivity index (χ2v) is 6.92. The van der Waals surface area contributed by atoms with Gasteiger partial charge in [0, 0.05) is 12.6 Å². The molecule has 2 amide bonds. The van der Waals surface area contributed by atoms with Gasteiger partial charge in [0.15, 0.2) is 5.76 Å². The number of aryl methyl sites for hydroxylation is 1. The first kappa shape index (κ1) is 22.1. The Kier molecular flexibility index (Phi) is 6.54. The molecule has 0 aliphatic carbocycles. The number of imide groups is 1. The summed E-state index contributed by atoms with van der Waals surface area (Å²) in [5.41, 5.74) is 3.94. The van der Waals surface area contributed by atoms with Gasteiger partial charge in [-0.1, -0.05) is 59.7 Å². The number of pyridine rings is 1. The number of benzene rings is 2. The summed E-state index contributed by atoms with van der Waals surface area (Å²) in [5, 5.41) is 20.8. The number of anilines is 2. The highest BCUT2D eigenvalue weighted by Crippen LogP contribution is 2.23. The molecular formula is C23H19N7O4. The molecule has 11 nitrogen and oxygen atoms in total. The zero-order valence-electron chi connectivity index (χ0n) is 17.9. The third-order valence-electron chi connectivity index (χ3n) is 4.60. The second kappa shape index (κ2) is 10.0. The largest absolute Gasteiger partial charge is 0.464 e. The van der Waals surface area contributed by atoms with Crippen LogP contribution in [-0.2, 0) is 11.9 Å². The topological polar surface area (TPSA) is 135 Å². The van der Waals surface area contributed by atoms with E-state index in [1.54, 1.807) is 43.5 Å². The number of carboxylic acid groups (broad SMARTS) is 1. The molecule has 0 bridgehead atoms. The van der Waals surface area contributed by atoms with Crippen molar-refractivity contribution >= 4 is 35.6 Å². The van der Waals surface area contributed by atoms with Gasteiger partial charge in [0.2, 0.25) is 0 Å². The van der Waals surface area contributed by atoms with Crippen LogP contribution in [0.1, 0.15) is 21.6 Å². The Bertz CT molecular complexity index is 1320. The molecule has 2 heterocycles. The fourth-order valence-corrected chi connectivity index (χ4v) is 2.96. The SMILES string of the molecule is Cn1nnnc1NOC(=Cc1ccccc1)c1cccc(N(C(=O)O)C(=O)c2ccccc2)n1. The minimum Gasteiger partial charge on any atom is -0.464 e. The van der Waals surface area contributed by atoms with Crippen molar-refractivity contribution in [3.8, 4) is 0 Å². The van der Waals surface area contributed by atoms with E-state index >= 15 is 0 Å². The van der Waals surface area contributed by atoms with Crippen molar-refractivity contribution in [3.05, 3.63) is 95.7 Å². The van der Waals surface area contributed by atoms with Crippen molar-refractivity contribution in [1.29, 1.82) is 0 Å². The van der Waals surface area contributed by atoms with E-state index in [1.165, 1.54) is 22.9 Å². The number of rotatable bonds is 7. The lowest BCUT2D eigenvalue weighted by Crippen LogP contribution is -2.36. The number of nitrogens with zero attached hydrogens (tertiary/aromatic N) is 6. The maximum Gasteiger partial charge on any atom is 0.420 e. The quantitative estimate of drug-likeness (QED) is 0.316. The molecule has 11 heteroatoms. The molecule has 2 N–H and O–H groups in total. The average Bonchev–Trinajstić information content (AvgIpc) is 3.27. The molecule has 0 unspecified atom stereocenters. The minimum atomic E-state index is -1.46. The Labute approximate surface area is 193 Å².